The molecule has 0 aliphatic heterocycles. The van der Waals surface area contributed by atoms with E-state index in [4.69, 9.17) is 14.2 Å². The highest BCUT2D eigenvalue weighted by atomic mass is 16.6. The van der Waals surface area contributed by atoms with E-state index in [1.54, 1.807) is 32.9 Å². The Hall–Kier alpha value is -4.13. The molecule has 0 saturated carbocycles. The van der Waals surface area contributed by atoms with E-state index < -0.39 is 35.6 Å². The molecule has 1 atom stereocenters. The standard InChI is InChI=1S/C30H33NO6/c1-21-15-17-24(18-16-21)26(31-29(34)37-30(2,3)4)25(27(32)35-19-22-11-7-5-8-12-22)28(33)36-20-23-13-9-6-10-14-23/h5-18,25-26H,19-20H2,1-4H3,(H,31,34)/t26-/m0/s1. The molecule has 0 aliphatic carbocycles. The SMILES string of the molecule is Cc1ccc([C@H](NC(=O)OC(C)(C)C)C(C(=O)OCc2ccccc2)C(=O)OCc2ccccc2)cc1. The smallest absolute Gasteiger partial charge is 0.408 e. The van der Waals surface area contributed by atoms with Crippen LogP contribution in [0.15, 0.2) is 84.9 Å². The second-order valence-electron chi connectivity index (χ2n) is 9.70. The third-order valence-corrected chi connectivity index (χ3v) is 5.40. The highest BCUT2D eigenvalue weighted by molar-refractivity contribution is 5.96. The summed E-state index contributed by atoms with van der Waals surface area (Å²) < 4.78 is 16.5. The van der Waals surface area contributed by atoms with E-state index in [0.29, 0.717) is 5.56 Å². The van der Waals surface area contributed by atoms with Gasteiger partial charge in [0.05, 0.1) is 6.04 Å². The zero-order chi connectivity index (χ0) is 26.8. The molecule has 0 bridgehead atoms. The van der Waals surface area contributed by atoms with Gasteiger partial charge in [-0.3, -0.25) is 9.59 Å². The van der Waals surface area contributed by atoms with Gasteiger partial charge in [0.15, 0.2) is 5.92 Å². The van der Waals surface area contributed by atoms with E-state index in [-0.39, 0.29) is 13.2 Å². The van der Waals surface area contributed by atoms with Crippen LogP contribution in [0.4, 0.5) is 4.79 Å². The van der Waals surface area contributed by atoms with E-state index in [1.165, 1.54) is 0 Å². The Morgan fingerprint density at radius 1 is 0.730 bits per heavy atom. The van der Waals surface area contributed by atoms with Crippen LogP contribution in [0.3, 0.4) is 0 Å². The fraction of sp³-hybridized carbons (Fsp3) is 0.300. The maximum atomic E-state index is 13.4. The van der Waals surface area contributed by atoms with Crippen LogP contribution >= 0.6 is 0 Å². The van der Waals surface area contributed by atoms with Crippen LogP contribution in [0.5, 0.6) is 0 Å². The number of alkyl carbamates (subject to hydrolysis) is 1. The average molecular weight is 504 g/mol. The fourth-order valence-electron chi connectivity index (χ4n) is 3.57. The van der Waals surface area contributed by atoms with Crippen molar-refractivity contribution in [2.24, 2.45) is 5.92 Å². The van der Waals surface area contributed by atoms with Crippen LogP contribution in [-0.4, -0.2) is 23.6 Å². The zero-order valence-electron chi connectivity index (χ0n) is 21.6. The summed E-state index contributed by atoms with van der Waals surface area (Å²) in [6.07, 6.45) is -0.769. The summed E-state index contributed by atoms with van der Waals surface area (Å²) in [5.41, 5.74) is 2.27. The first-order valence-electron chi connectivity index (χ1n) is 12.1. The Kier molecular flexibility index (Phi) is 9.44. The lowest BCUT2D eigenvalue weighted by molar-refractivity contribution is -0.165. The summed E-state index contributed by atoms with van der Waals surface area (Å²) in [6, 6.07) is 24.4. The first-order valence-corrected chi connectivity index (χ1v) is 12.1. The molecule has 0 aliphatic rings. The van der Waals surface area contributed by atoms with Gasteiger partial charge in [-0.15, -0.1) is 0 Å². The van der Waals surface area contributed by atoms with Crippen LogP contribution in [-0.2, 0) is 37.0 Å². The largest absolute Gasteiger partial charge is 0.460 e. The van der Waals surface area contributed by atoms with Gasteiger partial charge in [0.1, 0.15) is 18.8 Å². The Morgan fingerprint density at radius 2 is 1.19 bits per heavy atom. The molecule has 0 unspecified atom stereocenters. The molecule has 0 saturated heterocycles. The molecule has 7 nitrogen and oxygen atoms in total. The van der Waals surface area contributed by atoms with Gasteiger partial charge >= 0.3 is 18.0 Å². The molecule has 1 N–H and O–H groups in total. The lowest BCUT2D eigenvalue weighted by atomic mass is 9.92. The van der Waals surface area contributed by atoms with Gasteiger partial charge in [0.2, 0.25) is 0 Å². The zero-order valence-corrected chi connectivity index (χ0v) is 21.6. The van der Waals surface area contributed by atoms with Crippen molar-refractivity contribution in [3.05, 3.63) is 107 Å². The van der Waals surface area contributed by atoms with Gasteiger partial charge in [0, 0.05) is 0 Å². The highest BCUT2D eigenvalue weighted by Crippen LogP contribution is 2.27. The van der Waals surface area contributed by atoms with Gasteiger partial charge in [-0.2, -0.15) is 0 Å². The summed E-state index contributed by atoms with van der Waals surface area (Å²) in [5.74, 6) is -3.10. The lowest BCUT2D eigenvalue weighted by Gasteiger charge is -2.28. The number of amides is 1. The van der Waals surface area contributed by atoms with Gasteiger partial charge in [0.25, 0.3) is 0 Å². The molecule has 0 fully saturated rings. The van der Waals surface area contributed by atoms with Gasteiger partial charge in [-0.25, -0.2) is 4.79 Å². The third kappa shape index (κ3) is 8.79. The Balaban J connectivity index is 1.91. The molecule has 0 heterocycles. The fourth-order valence-corrected chi connectivity index (χ4v) is 3.57. The molecule has 0 spiro atoms. The average Bonchev–Trinajstić information content (AvgIpc) is 2.86. The van der Waals surface area contributed by atoms with Crippen molar-refractivity contribution in [2.45, 2.75) is 52.6 Å². The third-order valence-electron chi connectivity index (χ3n) is 5.40. The monoisotopic (exact) mass is 503 g/mol. The van der Waals surface area contributed by atoms with Crippen LogP contribution in [0.1, 0.15) is 49.1 Å². The Bertz CT molecular complexity index is 1110. The van der Waals surface area contributed by atoms with Gasteiger partial charge in [-0.05, 0) is 44.4 Å². The highest BCUT2D eigenvalue weighted by Gasteiger charge is 2.40. The molecular formula is C30H33NO6. The Morgan fingerprint density at radius 3 is 1.62 bits per heavy atom. The first kappa shape index (κ1) is 27.5. The second kappa shape index (κ2) is 12.7. The molecular weight excluding hydrogens is 470 g/mol. The molecule has 1 amide bonds. The number of benzene rings is 3. The number of esters is 2. The summed E-state index contributed by atoms with van der Waals surface area (Å²) in [6.45, 7) is 7.04. The number of carbonyl (C=O) groups excluding carboxylic acids is 3. The van der Waals surface area contributed by atoms with Crippen molar-refractivity contribution in [1.82, 2.24) is 5.32 Å². The summed E-state index contributed by atoms with van der Waals surface area (Å²) in [5, 5.41) is 2.70. The predicted octanol–water partition coefficient (Wildman–Crippen LogP) is 5.66. The molecule has 7 heteroatoms. The van der Waals surface area contributed by atoms with E-state index in [9.17, 15) is 14.4 Å². The second-order valence-corrected chi connectivity index (χ2v) is 9.70. The minimum absolute atomic E-state index is 0.0325. The topological polar surface area (TPSA) is 90.9 Å². The summed E-state index contributed by atoms with van der Waals surface area (Å²) >= 11 is 0. The molecule has 0 aromatic heterocycles. The van der Waals surface area contributed by atoms with Crippen molar-refractivity contribution >= 4 is 18.0 Å². The minimum Gasteiger partial charge on any atom is -0.460 e. The van der Waals surface area contributed by atoms with Crippen molar-refractivity contribution in [2.75, 3.05) is 0 Å². The van der Waals surface area contributed by atoms with Gasteiger partial charge < -0.3 is 19.5 Å². The van der Waals surface area contributed by atoms with Crippen molar-refractivity contribution in [3.8, 4) is 0 Å². The number of hydrogen-bond donors (Lipinski definition) is 1. The quantitative estimate of drug-likeness (QED) is 0.230. The summed E-state index contributed by atoms with van der Waals surface area (Å²) in [7, 11) is 0. The molecule has 3 aromatic rings. The van der Waals surface area contributed by atoms with Crippen LogP contribution in [0, 0.1) is 12.8 Å². The van der Waals surface area contributed by atoms with Crippen LogP contribution < -0.4 is 5.32 Å². The number of rotatable bonds is 9. The molecule has 194 valence electrons. The van der Waals surface area contributed by atoms with Crippen molar-refractivity contribution in [1.29, 1.82) is 0 Å². The number of aryl methyl sites for hydroxylation is 1. The molecule has 0 radical (unpaired) electrons. The van der Waals surface area contributed by atoms with Crippen LogP contribution in [0.25, 0.3) is 0 Å². The maximum Gasteiger partial charge on any atom is 0.408 e. The van der Waals surface area contributed by atoms with E-state index in [1.807, 2.05) is 79.7 Å². The van der Waals surface area contributed by atoms with E-state index in [2.05, 4.69) is 5.32 Å². The van der Waals surface area contributed by atoms with E-state index in [0.717, 1.165) is 16.7 Å². The maximum absolute atomic E-state index is 13.4. The Labute approximate surface area is 217 Å². The van der Waals surface area contributed by atoms with E-state index >= 15 is 0 Å². The van der Waals surface area contributed by atoms with Crippen molar-refractivity contribution < 1.29 is 28.6 Å². The molecule has 3 rings (SSSR count). The van der Waals surface area contributed by atoms with Gasteiger partial charge in [-0.1, -0.05) is 90.5 Å². The normalized spacial score (nSPS) is 11.9. The number of ether oxygens (including phenoxy) is 3. The lowest BCUT2D eigenvalue weighted by Crippen LogP contribution is -2.43. The number of carbonyl (C=O) groups is 3. The molecule has 37 heavy (non-hydrogen) atoms. The molecule has 3 aromatic carbocycles. The first-order chi connectivity index (χ1) is 17.6. The van der Waals surface area contributed by atoms with Crippen molar-refractivity contribution in [3.63, 3.8) is 0 Å². The number of nitrogens with one attached hydrogen (secondary N) is 1. The number of hydrogen-bond acceptors (Lipinski definition) is 6. The van der Waals surface area contributed by atoms with Crippen LogP contribution in [0.2, 0.25) is 0 Å². The minimum atomic E-state index is -1.47. The predicted molar refractivity (Wildman–Crippen MR) is 139 cm³/mol. The summed E-state index contributed by atoms with van der Waals surface area (Å²) in [4.78, 5) is 39.6.